The number of aliphatic carboxylic acids is 1. The van der Waals surface area contributed by atoms with Crippen LogP contribution in [0.1, 0.15) is 83.6 Å². The molecule has 172 valence electrons. The molecule has 0 radical (unpaired) electrons. The van der Waals surface area contributed by atoms with Crippen molar-refractivity contribution < 1.29 is 14.7 Å². The normalized spacial score (nSPS) is 15.6. The second-order valence-electron chi connectivity index (χ2n) is 8.50. The summed E-state index contributed by atoms with van der Waals surface area (Å²) < 4.78 is 0. The van der Waals surface area contributed by atoms with E-state index in [0.29, 0.717) is 11.5 Å². The Morgan fingerprint density at radius 3 is 2.56 bits per heavy atom. The van der Waals surface area contributed by atoms with Crippen LogP contribution in [0.25, 0.3) is 6.08 Å². The monoisotopic (exact) mass is 454 g/mol. The van der Waals surface area contributed by atoms with E-state index in [1.807, 2.05) is 23.5 Å². The highest BCUT2D eigenvalue weighted by molar-refractivity contribution is 7.13. The second kappa shape index (κ2) is 11.9. The van der Waals surface area contributed by atoms with Crippen molar-refractivity contribution in [1.82, 2.24) is 5.32 Å². The molecule has 1 aliphatic carbocycles. The van der Waals surface area contributed by atoms with Gasteiger partial charge in [0.25, 0.3) is 5.91 Å². The van der Waals surface area contributed by atoms with Gasteiger partial charge in [-0.3, -0.25) is 9.59 Å². The maximum atomic E-state index is 12.2. The molecule has 5 nitrogen and oxygen atoms in total. The predicted octanol–water partition coefficient (Wildman–Crippen LogP) is 6.42. The number of thiophene rings is 1. The van der Waals surface area contributed by atoms with Crippen LogP contribution in [0.2, 0.25) is 0 Å². The van der Waals surface area contributed by atoms with Crippen LogP contribution in [0.15, 0.2) is 36.4 Å². The first-order valence-corrected chi connectivity index (χ1v) is 12.4. The first-order chi connectivity index (χ1) is 15.5. The van der Waals surface area contributed by atoms with Gasteiger partial charge in [0.15, 0.2) is 0 Å². The van der Waals surface area contributed by atoms with Gasteiger partial charge in [0.1, 0.15) is 0 Å². The molecular formula is C26H34N2O3S. The number of anilines is 1. The summed E-state index contributed by atoms with van der Waals surface area (Å²) in [4.78, 5) is 25.6. The van der Waals surface area contributed by atoms with Crippen LogP contribution in [-0.4, -0.2) is 23.5 Å². The first-order valence-electron chi connectivity index (χ1n) is 11.6. The minimum atomic E-state index is -0.921. The lowest BCUT2D eigenvalue weighted by atomic mass is 9.83. The van der Waals surface area contributed by atoms with E-state index >= 15 is 0 Å². The number of benzene rings is 1. The van der Waals surface area contributed by atoms with Crippen LogP contribution in [-0.2, 0) is 4.79 Å². The Morgan fingerprint density at radius 1 is 1.19 bits per heavy atom. The smallest absolute Gasteiger partial charge is 0.305 e. The highest BCUT2D eigenvalue weighted by atomic mass is 32.1. The van der Waals surface area contributed by atoms with Gasteiger partial charge in [-0.1, -0.05) is 32.3 Å². The molecule has 1 atom stereocenters. The first kappa shape index (κ1) is 24.1. The highest BCUT2D eigenvalue weighted by Crippen LogP contribution is 2.40. The number of carbonyl (C=O) groups is 2. The van der Waals surface area contributed by atoms with Crippen LogP contribution in [0.4, 0.5) is 5.69 Å². The molecule has 1 fully saturated rings. The lowest BCUT2D eigenvalue weighted by molar-refractivity contribution is -0.136. The van der Waals surface area contributed by atoms with Crippen molar-refractivity contribution in [3.63, 3.8) is 0 Å². The van der Waals surface area contributed by atoms with Crippen molar-refractivity contribution in [3.05, 3.63) is 57.3 Å². The van der Waals surface area contributed by atoms with Gasteiger partial charge < -0.3 is 15.7 Å². The zero-order chi connectivity index (χ0) is 22.9. The lowest BCUT2D eigenvalue weighted by Crippen LogP contribution is -2.26. The topological polar surface area (TPSA) is 78.4 Å². The maximum absolute atomic E-state index is 12.2. The van der Waals surface area contributed by atoms with E-state index in [2.05, 4.69) is 42.7 Å². The van der Waals surface area contributed by atoms with Crippen molar-refractivity contribution in [2.24, 2.45) is 5.92 Å². The molecule has 32 heavy (non-hydrogen) atoms. The number of aryl methyl sites for hydroxylation is 1. The number of carboxylic acid groups (broad SMARTS) is 1. The Hall–Kier alpha value is -2.60. The summed E-state index contributed by atoms with van der Waals surface area (Å²) in [6.45, 7) is 4.47. The van der Waals surface area contributed by atoms with Gasteiger partial charge in [0.2, 0.25) is 0 Å². The van der Waals surface area contributed by atoms with Gasteiger partial charge in [0, 0.05) is 27.5 Å². The zero-order valence-corrected chi connectivity index (χ0v) is 19.8. The molecule has 1 aromatic heterocycles. The van der Waals surface area contributed by atoms with Crippen molar-refractivity contribution in [2.45, 2.75) is 64.8 Å². The van der Waals surface area contributed by atoms with Crippen LogP contribution < -0.4 is 10.6 Å². The summed E-state index contributed by atoms with van der Waals surface area (Å²) in [5.74, 6) is -0.567. The SMILES string of the molecule is CC/C=C\c1sc(C(Nc2ccc(C(=O)NCCC(=O)O)cc2)C2CCCCC2)cc1C. The molecule has 1 aromatic carbocycles. The lowest BCUT2D eigenvalue weighted by Gasteiger charge is -2.31. The maximum Gasteiger partial charge on any atom is 0.305 e. The molecule has 1 unspecified atom stereocenters. The average Bonchev–Trinajstić information content (AvgIpc) is 3.16. The van der Waals surface area contributed by atoms with Crippen LogP contribution in [0.3, 0.4) is 0 Å². The molecule has 0 spiro atoms. The van der Waals surface area contributed by atoms with Gasteiger partial charge in [-0.15, -0.1) is 11.3 Å². The number of nitrogens with one attached hydrogen (secondary N) is 2. The third kappa shape index (κ3) is 6.70. The number of hydrogen-bond donors (Lipinski definition) is 3. The summed E-state index contributed by atoms with van der Waals surface area (Å²) in [6, 6.07) is 10.1. The van der Waals surface area contributed by atoms with Gasteiger partial charge in [0.05, 0.1) is 12.5 Å². The van der Waals surface area contributed by atoms with Gasteiger partial charge in [-0.05, 0) is 74.1 Å². The molecule has 1 aliphatic rings. The van der Waals surface area contributed by atoms with Crippen molar-refractivity contribution >= 4 is 35.0 Å². The van der Waals surface area contributed by atoms with Gasteiger partial charge in [-0.2, -0.15) is 0 Å². The van der Waals surface area contributed by atoms with Crippen LogP contribution in [0, 0.1) is 12.8 Å². The molecule has 2 aromatic rings. The Kier molecular flexibility index (Phi) is 8.91. The summed E-state index contributed by atoms with van der Waals surface area (Å²) in [5, 5.41) is 15.1. The molecular weight excluding hydrogens is 420 g/mol. The number of carboxylic acids is 1. The number of rotatable bonds is 10. The molecule has 1 amide bonds. The average molecular weight is 455 g/mol. The standard InChI is InChI=1S/C26H34N2O3S/c1-3-4-10-22-18(2)17-23(32-22)25(19-8-6-5-7-9-19)28-21-13-11-20(12-14-21)26(31)27-16-15-24(29)30/h4,10-14,17,19,25,28H,3,5-9,15-16H2,1-2H3,(H,27,31)(H,29,30)/b10-4-. The van der Waals surface area contributed by atoms with Gasteiger partial charge in [-0.25, -0.2) is 0 Å². The van der Waals surface area contributed by atoms with E-state index in [9.17, 15) is 9.59 Å². The van der Waals surface area contributed by atoms with E-state index in [0.717, 1.165) is 12.1 Å². The van der Waals surface area contributed by atoms with Crippen molar-refractivity contribution in [3.8, 4) is 0 Å². The quantitative estimate of drug-likeness (QED) is 0.387. The third-order valence-electron chi connectivity index (χ3n) is 6.00. The molecule has 1 saturated carbocycles. The minimum Gasteiger partial charge on any atom is -0.481 e. The Labute approximate surface area is 194 Å². The highest BCUT2D eigenvalue weighted by Gasteiger charge is 2.27. The van der Waals surface area contributed by atoms with Crippen molar-refractivity contribution in [1.29, 1.82) is 0 Å². The second-order valence-corrected chi connectivity index (χ2v) is 9.62. The number of hydrogen-bond acceptors (Lipinski definition) is 4. The largest absolute Gasteiger partial charge is 0.481 e. The molecule has 6 heteroatoms. The van der Waals surface area contributed by atoms with Crippen molar-refractivity contribution in [2.75, 3.05) is 11.9 Å². The molecule has 0 bridgehead atoms. The van der Waals surface area contributed by atoms with Crippen LogP contribution >= 0.6 is 11.3 Å². The van der Waals surface area contributed by atoms with E-state index in [1.165, 1.54) is 47.4 Å². The summed E-state index contributed by atoms with van der Waals surface area (Å²) in [7, 11) is 0. The Balaban J connectivity index is 1.74. The minimum absolute atomic E-state index is 0.0793. The molecule has 0 aliphatic heterocycles. The Bertz CT molecular complexity index is 927. The van der Waals surface area contributed by atoms with E-state index < -0.39 is 5.97 Å². The fourth-order valence-electron chi connectivity index (χ4n) is 4.24. The molecule has 3 N–H and O–H groups in total. The number of carbonyl (C=O) groups excluding carboxylic acids is 1. The van der Waals surface area contributed by atoms with E-state index in [1.54, 1.807) is 12.1 Å². The fourth-order valence-corrected chi connectivity index (χ4v) is 5.49. The number of amides is 1. The summed E-state index contributed by atoms with van der Waals surface area (Å²) >= 11 is 1.88. The summed E-state index contributed by atoms with van der Waals surface area (Å²) in [5.41, 5.74) is 2.86. The van der Waals surface area contributed by atoms with Gasteiger partial charge >= 0.3 is 5.97 Å². The third-order valence-corrected chi connectivity index (χ3v) is 7.29. The molecule has 1 heterocycles. The van der Waals surface area contributed by atoms with E-state index in [-0.39, 0.29) is 24.9 Å². The van der Waals surface area contributed by atoms with Crippen LogP contribution in [0.5, 0.6) is 0 Å². The predicted molar refractivity (Wildman–Crippen MR) is 132 cm³/mol. The molecule has 3 rings (SSSR count). The molecule has 0 saturated heterocycles. The fraction of sp³-hybridized carbons (Fsp3) is 0.462. The number of allylic oxidation sites excluding steroid dienone is 1. The van der Waals surface area contributed by atoms with E-state index in [4.69, 9.17) is 5.11 Å². The Morgan fingerprint density at radius 2 is 1.91 bits per heavy atom. The zero-order valence-electron chi connectivity index (χ0n) is 19.0. The summed E-state index contributed by atoms with van der Waals surface area (Å²) in [6.07, 6.45) is 11.8.